The number of benzene rings is 3. The van der Waals surface area contributed by atoms with Gasteiger partial charge in [-0.3, -0.25) is 9.10 Å². The summed E-state index contributed by atoms with van der Waals surface area (Å²) in [6.45, 7) is 4.63. The van der Waals surface area contributed by atoms with Crippen molar-refractivity contribution >= 4 is 27.3 Å². The summed E-state index contributed by atoms with van der Waals surface area (Å²) in [6, 6.07) is 20.0. The summed E-state index contributed by atoms with van der Waals surface area (Å²) in [5.74, 6) is -0.524. The fourth-order valence-corrected chi connectivity index (χ4v) is 6.50. The molecule has 0 spiro atoms. The number of carbonyl (C=O) groups is 1. The number of nitrogens with zero attached hydrogens (tertiary/aromatic N) is 3. The van der Waals surface area contributed by atoms with Crippen LogP contribution in [0, 0.1) is 5.82 Å². The van der Waals surface area contributed by atoms with Crippen LogP contribution >= 0.6 is 0 Å². The highest BCUT2D eigenvalue weighted by atomic mass is 32.2. The van der Waals surface area contributed by atoms with E-state index in [1.165, 1.54) is 16.4 Å². The van der Waals surface area contributed by atoms with Gasteiger partial charge in [0.15, 0.2) is 0 Å². The molecule has 2 aliphatic rings. The molecule has 0 aromatic heterocycles. The molecule has 0 unspecified atom stereocenters. The number of hydrogen-bond donors (Lipinski definition) is 0. The predicted octanol–water partition coefficient (Wildman–Crippen LogP) is 3.93. The Kier molecular flexibility index (Phi) is 5.77. The van der Waals surface area contributed by atoms with Crippen LogP contribution in [0.4, 0.5) is 15.8 Å². The number of piperazine rings is 1. The molecule has 1 amide bonds. The van der Waals surface area contributed by atoms with Crippen molar-refractivity contribution in [2.75, 3.05) is 35.4 Å². The van der Waals surface area contributed by atoms with E-state index in [9.17, 15) is 17.6 Å². The molecule has 3 aromatic rings. The van der Waals surface area contributed by atoms with Crippen molar-refractivity contribution in [2.24, 2.45) is 0 Å². The Morgan fingerprint density at radius 2 is 1.59 bits per heavy atom. The van der Waals surface area contributed by atoms with Gasteiger partial charge in [-0.25, -0.2) is 12.8 Å². The number of anilines is 2. The fourth-order valence-electron chi connectivity index (χ4n) is 4.81. The largest absolute Gasteiger partial charge is 0.368 e. The van der Waals surface area contributed by atoms with Crippen LogP contribution < -0.4 is 9.21 Å². The van der Waals surface area contributed by atoms with E-state index < -0.39 is 15.8 Å². The van der Waals surface area contributed by atoms with Crippen LogP contribution in [0.15, 0.2) is 77.7 Å². The van der Waals surface area contributed by atoms with E-state index in [-0.39, 0.29) is 16.8 Å². The lowest BCUT2D eigenvalue weighted by Gasteiger charge is -2.36. The smallest absolute Gasteiger partial charge is 0.264 e. The second-order valence-corrected chi connectivity index (χ2v) is 10.6. The van der Waals surface area contributed by atoms with E-state index in [0.29, 0.717) is 30.8 Å². The summed E-state index contributed by atoms with van der Waals surface area (Å²) < 4.78 is 41.2. The number of carbonyl (C=O) groups excluding carboxylic acids is 1. The quantitative estimate of drug-likeness (QED) is 0.569. The molecule has 3 aromatic carbocycles. The first-order valence-corrected chi connectivity index (χ1v) is 12.8. The molecule has 0 radical (unpaired) electrons. The van der Waals surface area contributed by atoms with Crippen LogP contribution in [0.1, 0.15) is 22.8 Å². The molecule has 1 atom stereocenters. The Labute approximate surface area is 199 Å². The molecule has 0 saturated carbocycles. The van der Waals surface area contributed by atoms with Crippen molar-refractivity contribution in [1.29, 1.82) is 0 Å². The zero-order valence-corrected chi connectivity index (χ0v) is 19.7. The lowest BCUT2D eigenvalue weighted by Crippen LogP contribution is -2.48. The number of fused-ring (bicyclic) bond motifs is 1. The van der Waals surface area contributed by atoms with Gasteiger partial charge in [0, 0.05) is 43.5 Å². The molecule has 0 N–H and O–H groups in total. The molecule has 5 rings (SSSR count). The van der Waals surface area contributed by atoms with E-state index in [2.05, 4.69) is 17.0 Å². The third-order valence-electron chi connectivity index (χ3n) is 6.54. The summed E-state index contributed by atoms with van der Waals surface area (Å²) in [6.07, 6.45) is 0.513. The van der Waals surface area contributed by atoms with Crippen molar-refractivity contribution in [3.63, 3.8) is 0 Å². The van der Waals surface area contributed by atoms with Crippen LogP contribution in [0.2, 0.25) is 0 Å². The van der Waals surface area contributed by atoms with Crippen LogP contribution in [0.25, 0.3) is 0 Å². The molecule has 8 heteroatoms. The normalized spacial score (nSPS) is 18.2. The van der Waals surface area contributed by atoms with Crippen molar-refractivity contribution in [1.82, 2.24) is 4.90 Å². The van der Waals surface area contributed by atoms with Crippen molar-refractivity contribution in [2.45, 2.75) is 24.3 Å². The zero-order valence-electron chi connectivity index (χ0n) is 18.9. The first-order chi connectivity index (χ1) is 16.3. The Morgan fingerprint density at radius 1 is 0.912 bits per heavy atom. The van der Waals surface area contributed by atoms with Crippen LogP contribution in [0.3, 0.4) is 0 Å². The van der Waals surface area contributed by atoms with Crippen LogP contribution in [-0.2, 0) is 16.4 Å². The van der Waals surface area contributed by atoms with E-state index in [1.807, 2.05) is 36.1 Å². The van der Waals surface area contributed by atoms with Crippen LogP contribution in [0.5, 0.6) is 0 Å². The maximum Gasteiger partial charge on any atom is 0.264 e. The van der Waals surface area contributed by atoms with Gasteiger partial charge in [-0.1, -0.05) is 18.2 Å². The first kappa shape index (κ1) is 22.4. The van der Waals surface area contributed by atoms with E-state index in [1.54, 1.807) is 12.1 Å². The molecule has 34 heavy (non-hydrogen) atoms. The lowest BCUT2D eigenvalue weighted by molar-refractivity contribution is 0.0746. The molecule has 2 aliphatic heterocycles. The Bertz CT molecular complexity index is 1300. The van der Waals surface area contributed by atoms with E-state index in [0.717, 1.165) is 36.5 Å². The van der Waals surface area contributed by atoms with Crippen LogP contribution in [-0.4, -0.2) is 51.4 Å². The molecule has 1 saturated heterocycles. The molecular formula is C26H26FN3O3S. The van der Waals surface area contributed by atoms with Gasteiger partial charge < -0.3 is 9.80 Å². The highest BCUT2D eigenvalue weighted by molar-refractivity contribution is 7.92. The van der Waals surface area contributed by atoms with Gasteiger partial charge >= 0.3 is 0 Å². The molecular weight excluding hydrogens is 453 g/mol. The summed E-state index contributed by atoms with van der Waals surface area (Å²) in [4.78, 5) is 17.4. The molecule has 2 heterocycles. The van der Waals surface area contributed by atoms with Gasteiger partial charge in [0.25, 0.3) is 15.9 Å². The van der Waals surface area contributed by atoms with Gasteiger partial charge in [-0.15, -0.1) is 0 Å². The molecule has 6 nitrogen and oxygen atoms in total. The number of hydrogen-bond acceptors (Lipinski definition) is 4. The highest BCUT2D eigenvalue weighted by Gasteiger charge is 2.36. The van der Waals surface area contributed by atoms with Crippen molar-refractivity contribution in [3.05, 3.63) is 89.7 Å². The topological polar surface area (TPSA) is 60.9 Å². The van der Waals surface area contributed by atoms with Crippen molar-refractivity contribution < 1.29 is 17.6 Å². The fraction of sp³-hybridized carbons (Fsp3) is 0.269. The zero-order chi connectivity index (χ0) is 23.9. The summed E-state index contributed by atoms with van der Waals surface area (Å²) >= 11 is 0. The minimum absolute atomic E-state index is 0.0389. The maximum atomic E-state index is 13.3. The number of rotatable bonds is 4. The van der Waals surface area contributed by atoms with E-state index in [4.69, 9.17) is 0 Å². The Morgan fingerprint density at radius 3 is 2.26 bits per heavy atom. The first-order valence-electron chi connectivity index (χ1n) is 11.4. The highest BCUT2D eigenvalue weighted by Crippen LogP contribution is 2.37. The minimum atomic E-state index is -3.84. The number of sulfonamides is 1. The van der Waals surface area contributed by atoms with Gasteiger partial charge in [-0.05, 0) is 73.5 Å². The molecule has 1 fully saturated rings. The van der Waals surface area contributed by atoms with Gasteiger partial charge in [0.05, 0.1) is 10.6 Å². The molecule has 0 aliphatic carbocycles. The average Bonchev–Trinajstić information content (AvgIpc) is 3.20. The monoisotopic (exact) mass is 479 g/mol. The second kappa shape index (κ2) is 8.76. The summed E-state index contributed by atoms with van der Waals surface area (Å²) in [5, 5.41) is 0. The standard InChI is InChI=1S/C26H26FN3O3S/c1-19-17-21-18-20(26(31)29-15-13-28(14-16-29)23-5-3-2-4-6-23)7-12-25(21)30(19)34(32,33)24-10-8-22(27)9-11-24/h2-12,18-19H,13-17H2,1H3/t19-/m1/s1. The van der Waals surface area contributed by atoms with Gasteiger partial charge in [-0.2, -0.15) is 0 Å². The Balaban J connectivity index is 1.33. The summed E-state index contributed by atoms with van der Waals surface area (Å²) in [7, 11) is -3.84. The average molecular weight is 480 g/mol. The third kappa shape index (κ3) is 4.03. The van der Waals surface area contributed by atoms with Crippen molar-refractivity contribution in [3.8, 4) is 0 Å². The minimum Gasteiger partial charge on any atom is -0.368 e. The Hall–Kier alpha value is -3.39. The summed E-state index contributed by atoms with van der Waals surface area (Å²) in [5.41, 5.74) is 3.12. The number of halogens is 1. The van der Waals surface area contributed by atoms with E-state index >= 15 is 0 Å². The second-order valence-electron chi connectivity index (χ2n) is 8.77. The lowest BCUT2D eigenvalue weighted by atomic mass is 10.1. The third-order valence-corrected chi connectivity index (χ3v) is 8.48. The number of para-hydroxylation sites is 1. The SMILES string of the molecule is C[C@@H]1Cc2cc(C(=O)N3CCN(c4ccccc4)CC3)ccc2N1S(=O)(=O)c1ccc(F)cc1. The molecule has 0 bridgehead atoms. The molecule has 176 valence electrons. The van der Waals surface area contributed by atoms with Gasteiger partial charge in [0.1, 0.15) is 5.82 Å². The van der Waals surface area contributed by atoms with Gasteiger partial charge in [0.2, 0.25) is 0 Å². The predicted molar refractivity (Wildman–Crippen MR) is 130 cm³/mol. The maximum absolute atomic E-state index is 13.3. The number of amides is 1.